The number of nitrogens with one attached hydrogen (secondary N) is 2. The molecule has 0 saturated carbocycles. The van der Waals surface area contributed by atoms with E-state index in [9.17, 15) is 0 Å². The summed E-state index contributed by atoms with van der Waals surface area (Å²) in [4.78, 5) is 20.9. The van der Waals surface area contributed by atoms with E-state index in [1.807, 2.05) is 5.38 Å². The highest BCUT2D eigenvalue weighted by Gasteiger charge is 2.08. The molecule has 2 N–H and O–H groups in total. The summed E-state index contributed by atoms with van der Waals surface area (Å²) in [5, 5.41) is 13.1. The molecule has 0 aliphatic carbocycles. The molecule has 10 heteroatoms. The van der Waals surface area contributed by atoms with Gasteiger partial charge in [-0.2, -0.15) is 24.7 Å². The second-order valence-electron chi connectivity index (χ2n) is 3.98. The van der Waals surface area contributed by atoms with Crippen molar-refractivity contribution in [2.75, 3.05) is 24.2 Å². The van der Waals surface area contributed by atoms with Crippen LogP contribution in [0.5, 0.6) is 0 Å². The predicted octanol–water partition coefficient (Wildman–Crippen LogP) is 0.605. The number of nitrogens with zero attached hydrogens (tertiary/aromatic N) is 7. The van der Waals surface area contributed by atoms with Crippen molar-refractivity contribution in [3.05, 3.63) is 29.2 Å². The van der Waals surface area contributed by atoms with E-state index in [0.29, 0.717) is 24.4 Å². The molecule has 3 heterocycles. The minimum Gasteiger partial charge on any atom is -0.357 e. The van der Waals surface area contributed by atoms with Gasteiger partial charge in [-0.15, -0.1) is 11.3 Å². The zero-order chi connectivity index (χ0) is 14.5. The zero-order valence-corrected chi connectivity index (χ0v) is 12.1. The molecule has 0 saturated heterocycles. The minimum atomic E-state index is 0.406. The smallest absolute Gasteiger partial charge is 0.258 e. The molecule has 3 aromatic heterocycles. The summed E-state index contributed by atoms with van der Waals surface area (Å²) >= 11 is 1.63. The fourth-order valence-electron chi connectivity index (χ4n) is 1.63. The molecule has 3 rings (SSSR count). The summed E-state index contributed by atoms with van der Waals surface area (Å²) in [7, 11) is 1.75. The van der Waals surface area contributed by atoms with E-state index in [0.717, 1.165) is 11.4 Å². The lowest BCUT2D eigenvalue weighted by Gasteiger charge is -2.07. The number of rotatable bonds is 6. The molecule has 0 bridgehead atoms. The van der Waals surface area contributed by atoms with Gasteiger partial charge in [-0.25, -0.2) is 9.97 Å². The largest absolute Gasteiger partial charge is 0.357 e. The molecular weight excluding hydrogens is 290 g/mol. The first-order valence-electron chi connectivity index (χ1n) is 6.26. The van der Waals surface area contributed by atoms with E-state index in [1.54, 1.807) is 24.6 Å². The van der Waals surface area contributed by atoms with E-state index in [1.165, 1.54) is 17.3 Å². The van der Waals surface area contributed by atoms with Gasteiger partial charge in [0.2, 0.25) is 11.9 Å². The summed E-state index contributed by atoms with van der Waals surface area (Å²) in [5.41, 5.74) is 0. The van der Waals surface area contributed by atoms with Gasteiger partial charge in [-0.1, -0.05) is 0 Å². The van der Waals surface area contributed by atoms with Crippen LogP contribution in [0.4, 0.5) is 11.9 Å². The molecule has 0 amide bonds. The fourth-order valence-corrected chi connectivity index (χ4v) is 2.25. The molecular formula is C11H13N9S. The minimum absolute atomic E-state index is 0.406. The Balaban J connectivity index is 1.73. The number of aromatic nitrogens is 7. The summed E-state index contributed by atoms with van der Waals surface area (Å²) in [6.45, 7) is 0.692. The Morgan fingerprint density at radius 2 is 2.14 bits per heavy atom. The molecule has 0 unspecified atom stereocenters. The molecule has 108 valence electrons. The third-order valence-corrected chi connectivity index (χ3v) is 3.42. The molecule has 3 aromatic rings. The van der Waals surface area contributed by atoms with Crippen LogP contribution in [-0.2, 0) is 6.42 Å². The number of hydrogen-bond acceptors (Lipinski definition) is 9. The van der Waals surface area contributed by atoms with Crippen LogP contribution < -0.4 is 10.6 Å². The highest BCUT2D eigenvalue weighted by Crippen LogP contribution is 2.09. The third-order valence-electron chi connectivity index (χ3n) is 2.58. The van der Waals surface area contributed by atoms with E-state index >= 15 is 0 Å². The first-order chi connectivity index (χ1) is 10.3. The second-order valence-corrected chi connectivity index (χ2v) is 4.95. The number of thiazole rings is 1. The highest BCUT2D eigenvalue weighted by molar-refractivity contribution is 7.09. The van der Waals surface area contributed by atoms with Crippen molar-refractivity contribution in [3.8, 4) is 5.95 Å². The van der Waals surface area contributed by atoms with Gasteiger partial charge in [-0.05, 0) is 0 Å². The summed E-state index contributed by atoms with van der Waals surface area (Å²) in [6, 6.07) is 0. The van der Waals surface area contributed by atoms with Crippen LogP contribution in [0, 0.1) is 0 Å². The van der Waals surface area contributed by atoms with Crippen molar-refractivity contribution >= 4 is 23.2 Å². The van der Waals surface area contributed by atoms with Crippen LogP contribution in [0.25, 0.3) is 5.95 Å². The van der Waals surface area contributed by atoms with E-state index in [4.69, 9.17) is 0 Å². The quantitative estimate of drug-likeness (QED) is 0.682. The monoisotopic (exact) mass is 303 g/mol. The fraction of sp³-hybridized carbons (Fsp3) is 0.273. The molecule has 0 atom stereocenters. The molecule has 21 heavy (non-hydrogen) atoms. The molecule has 0 aliphatic rings. The lowest BCUT2D eigenvalue weighted by atomic mass is 10.4. The van der Waals surface area contributed by atoms with Gasteiger partial charge in [-0.3, -0.25) is 0 Å². The highest BCUT2D eigenvalue weighted by atomic mass is 32.1. The van der Waals surface area contributed by atoms with Crippen molar-refractivity contribution < 1.29 is 0 Å². The van der Waals surface area contributed by atoms with Crippen LogP contribution in [0.2, 0.25) is 0 Å². The molecule has 0 aromatic carbocycles. The summed E-state index contributed by atoms with van der Waals surface area (Å²) in [5.74, 6) is 1.35. The Morgan fingerprint density at radius 1 is 1.24 bits per heavy atom. The van der Waals surface area contributed by atoms with Gasteiger partial charge in [0.05, 0.1) is 5.01 Å². The Labute approximate surface area is 124 Å². The molecule has 0 spiro atoms. The maximum absolute atomic E-state index is 4.31. The number of anilines is 2. The van der Waals surface area contributed by atoms with Gasteiger partial charge < -0.3 is 10.6 Å². The average Bonchev–Trinajstić information content (AvgIpc) is 3.20. The summed E-state index contributed by atoms with van der Waals surface area (Å²) < 4.78 is 1.48. The molecule has 9 nitrogen and oxygen atoms in total. The molecule has 0 aliphatic heterocycles. The topological polar surface area (TPSA) is 106 Å². The van der Waals surface area contributed by atoms with Crippen molar-refractivity contribution in [3.63, 3.8) is 0 Å². The first-order valence-corrected chi connectivity index (χ1v) is 7.14. The third kappa shape index (κ3) is 3.28. The van der Waals surface area contributed by atoms with Gasteiger partial charge in [0.25, 0.3) is 5.95 Å². The SMILES string of the molecule is CNc1nc(NCCc2nccs2)nc(-n2cncn2)n1. The average molecular weight is 303 g/mol. The Hall–Kier alpha value is -2.62. The van der Waals surface area contributed by atoms with Gasteiger partial charge in [0.1, 0.15) is 12.7 Å². The lowest BCUT2D eigenvalue weighted by Crippen LogP contribution is -2.13. The second kappa shape index (κ2) is 6.22. The molecule has 0 radical (unpaired) electrons. The van der Waals surface area contributed by atoms with E-state index < -0.39 is 0 Å². The van der Waals surface area contributed by atoms with E-state index in [2.05, 4.69) is 40.7 Å². The molecule has 0 fully saturated rings. The maximum atomic E-state index is 4.31. The van der Waals surface area contributed by atoms with Crippen molar-refractivity contribution in [1.29, 1.82) is 0 Å². The Bertz CT molecular complexity index is 680. The summed E-state index contributed by atoms with van der Waals surface area (Å²) in [6.07, 6.45) is 5.58. The number of hydrogen-bond donors (Lipinski definition) is 2. The van der Waals surface area contributed by atoms with Gasteiger partial charge in [0.15, 0.2) is 0 Å². The lowest BCUT2D eigenvalue weighted by molar-refractivity contribution is 0.794. The maximum Gasteiger partial charge on any atom is 0.258 e. The first kappa shape index (κ1) is 13.4. The van der Waals surface area contributed by atoms with Crippen LogP contribution >= 0.6 is 11.3 Å². The van der Waals surface area contributed by atoms with E-state index in [-0.39, 0.29) is 0 Å². The van der Waals surface area contributed by atoms with Crippen LogP contribution in [0.15, 0.2) is 24.2 Å². The Kier molecular flexibility index (Phi) is 3.96. The Morgan fingerprint density at radius 3 is 2.86 bits per heavy atom. The van der Waals surface area contributed by atoms with Crippen molar-refractivity contribution in [1.82, 2.24) is 34.7 Å². The van der Waals surface area contributed by atoms with Gasteiger partial charge >= 0.3 is 0 Å². The van der Waals surface area contributed by atoms with Crippen molar-refractivity contribution in [2.24, 2.45) is 0 Å². The predicted molar refractivity (Wildman–Crippen MR) is 78.6 cm³/mol. The van der Waals surface area contributed by atoms with Crippen molar-refractivity contribution in [2.45, 2.75) is 6.42 Å². The van der Waals surface area contributed by atoms with Crippen LogP contribution in [-0.4, -0.2) is 48.3 Å². The van der Waals surface area contributed by atoms with Gasteiger partial charge in [0, 0.05) is 31.6 Å². The van der Waals surface area contributed by atoms with Crippen LogP contribution in [0.3, 0.4) is 0 Å². The normalized spacial score (nSPS) is 10.5. The standard InChI is InChI=1S/C11H13N9S/c1-12-9-17-10(15-3-2-8-14-4-5-21-8)19-11(18-9)20-7-13-6-16-20/h4-7H,2-3H2,1H3,(H2,12,15,17,18,19). The zero-order valence-electron chi connectivity index (χ0n) is 11.3. The van der Waals surface area contributed by atoms with Crippen LogP contribution in [0.1, 0.15) is 5.01 Å².